The Morgan fingerprint density at radius 1 is 1.10 bits per heavy atom. The van der Waals surface area contributed by atoms with Crippen molar-refractivity contribution in [2.45, 2.75) is 25.8 Å². The van der Waals surface area contributed by atoms with Crippen LogP contribution in [-0.4, -0.2) is 15.7 Å². The van der Waals surface area contributed by atoms with Crippen molar-refractivity contribution in [1.82, 2.24) is 9.97 Å². The van der Waals surface area contributed by atoms with Gasteiger partial charge in [-0.15, -0.1) is 11.3 Å². The Labute approximate surface area is 127 Å². The van der Waals surface area contributed by atoms with Gasteiger partial charge in [0.2, 0.25) is 0 Å². The van der Waals surface area contributed by atoms with Crippen LogP contribution in [0.2, 0.25) is 0 Å². The van der Waals surface area contributed by atoms with Crippen molar-refractivity contribution < 1.29 is 0 Å². The van der Waals surface area contributed by atoms with E-state index in [2.05, 4.69) is 34.2 Å². The van der Waals surface area contributed by atoms with Gasteiger partial charge in [-0.05, 0) is 43.0 Å². The largest absolute Gasteiger partial charge is 0.280 e. The summed E-state index contributed by atoms with van der Waals surface area (Å²) in [7, 11) is 0. The third-order valence-electron chi connectivity index (χ3n) is 3.77. The van der Waals surface area contributed by atoms with Gasteiger partial charge in [0.1, 0.15) is 5.01 Å². The molecule has 0 amide bonds. The van der Waals surface area contributed by atoms with Crippen LogP contribution < -0.4 is 0 Å². The summed E-state index contributed by atoms with van der Waals surface area (Å²) in [6.07, 6.45) is 5.16. The van der Waals surface area contributed by atoms with Crippen LogP contribution in [0, 0.1) is 0 Å². The first kappa shape index (κ1) is 12.7. The first-order chi connectivity index (χ1) is 10.4. The Morgan fingerprint density at radius 2 is 2.05 bits per heavy atom. The zero-order valence-electron chi connectivity index (χ0n) is 11.6. The lowest BCUT2D eigenvalue weighted by molar-refractivity contribution is 0.818. The summed E-state index contributed by atoms with van der Waals surface area (Å²) >= 11 is 1.73. The predicted octanol–water partition coefficient (Wildman–Crippen LogP) is 4.02. The zero-order chi connectivity index (χ0) is 14.1. The molecule has 3 nitrogen and oxygen atoms in total. The quantitative estimate of drug-likeness (QED) is 0.716. The Hall–Kier alpha value is -2.07. The van der Waals surface area contributed by atoms with Gasteiger partial charge < -0.3 is 0 Å². The third-order valence-corrected chi connectivity index (χ3v) is 4.79. The van der Waals surface area contributed by atoms with E-state index in [0.29, 0.717) is 6.54 Å². The van der Waals surface area contributed by atoms with Crippen molar-refractivity contribution in [1.29, 1.82) is 0 Å². The normalized spacial score (nSPS) is 16.3. The fraction of sp³-hybridized carbons (Fsp3) is 0.235. The van der Waals surface area contributed by atoms with Gasteiger partial charge in [0, 0.05) is 6.20 Å². The van der Waals surface area contributed by atoms with Crippen molar-refractivity contribution in [2.75, 3.05) is 0 Å². The minimum Gasteiger partial charge on any atom is -0.280 e. The molecule has 0 saturated carbocycles. The molecule has 0 N–H and O–H groups in total. The number of aromatic nitrogens is 2. The number of pyridine rings is 1. The second kappa shape index (κ2) is 5.37. The van der Waals surface area contributed by atoms with Crippen LogP contribution in [0.15, 0.2) is 47.6 Å². The minimum absolute atomic E-state index is 0.657. The van der Waals surface area contributed by atoms with E-state index in [0.717, 1.165) is 41.2 Å². The Morgan fingerprint density at radius 3 is 3.00 bits per heavy atom. The van der Waals surface area contributed by atoms with E-state index in [-0.39, 0.29) is 0 Å². The maximum absolute atomic E-state index is 4.79. The zero-order valence-corrected chi connectivity index (χ0v) is 12.4. The van der Waals surface area contributed by atoms with Crippen molar-refractivity contribution >= 4 is 27.3 Å². The fourth-order valence-corrected chi connectivity index (χ4v) is 3.66. The van der Waals surface area contributed by atoms with Crippen LogP contribution in [0.25, 0.3) is 10.2 Å². The molecular weight excluding hydrogens is 278 g/mol. The highest BCUT2D eigenvalue weighted by Crippen LogP contribution is 2.24. The van der Waals surface area contributed by atoms with E-state index in [1.807, 2.05) is 18.3 Å². The molecule has 104 valence electrons. The van der Waals surface area contributed by atoms with Gasteiger partial charge in [0.05, 0.1) is 28.2 Å². The molecule has 0 spiro atoms. The molecule has 2 aromatic heterocycles. The predicted molar refractivity (Wildman–Crippen MR) is 87.0 cm³/mol. The van der Waals surface area contributed by atoms with Gasteiger partial charge >= 0.3 is 0 Å². The smallest absolute Gasteiger partial charge is 0.115 e. The van der Waals surface area contributed by atoms with Gasteiger partial charge in [0.15, 0.2) is 0 Å². The lowest BCUT2D eigenvalue weighted by Gasteiger charge is -2.16. The number of thiazole rings is 1. The van der Waals surface area contributed by atoms with Crippen LogP contribution in [-0.2, 0) is 13.0 Å². The van der Waals surface area contributed by atoms with Crippen molar-refractivity contribution in [3.05, 3.63) is 58.9 Å². The molecule has 1 aliphatic carbocycles. The van der Waals surface area contributed by atoms with E-state index in [4.69, 9.17) is 4.99 Å². The molecule has 0 saturated heterocycles. The maximum atomic E-state index is 4.79. The molecule has 4 heteroatoms. The molecule has 0 bridgehead atoms. The van der Waals surface area contributed by atoms with Crippen LogP contribution in [0.5, 0.6) is 0 Å². The van der Waals surface area contributed by atoms with Gasteiger partial charge in [-0.25, -0.2) is 4.98 Å². The lowest BCUT2D eigenvalue weighted by Crippen LogP contribution is -2.14. The molecule has 0 fully saturated rings. The first-order valence-corrected chi connectivity index (χ1v) is 8.04. The standard InChI is InChI=1S/C17H15N3S/c1-2-9-15-13(7-1)20-16(21-15)11-19-14-8-3-5-12-6-4-10-18-17(12)14/h1-2,4,6-7,9-10H,3,5,8,11H2. The molecule has 1 aliphatic rings. The van der Waals surface area contributed by atoms with Crippen molar-refractivity contribution in [2.24, 2.45) is 4.99 Å². The number of nitrogens with zero attached hydrogens (tertiary/aromatic N) is 3. The average molecular weight is 293 g/mol. The molecule has 0 aliphatic heterocycles. The van der Waals surface area contributed by atoms with Gasteiger partial charge in [-0.3, -0.25) is 9.98 Å². The Kier molecular flexibility index (Phi) is 3.24. The summed E-state index contributed by atoms with van der Waals surface area (Å²) in [5.41, 5.74) is 4.62. The van der Waals surface area contributed by atoms with E-state index in [1.165, 1.54) is 10.3 Å². The molecule has 3 aromatic rings. The molecule has 21 heavy (non-hydrogen) atoms. The molecule has 0 atom stereocenters. The third kappa shape index (κ3) is 2.47. The summed E-state index contributed by atoms with van der Waals surface area (Å²) in [5.74, 6) is 0. The highest BCUT2D eigenvalue weighted by Gasteiger charge is 2.16. The number of rotatable bonds is 2. The summed E-state index contributed by atoms with van der Waals surface area (Å²) in [5, 5.41) is 1.08. The van der Waals surface area contributed by atoms with E-state index in [1.54, 1.807) is 11.3 Å². The number of aliphatic imine (C=N–C) groups is 1. The molecule has 0 unspecified atom stereocenters. The number of fused-ring (bicyclic) bond motifs is 2. The SMILES string of the molecule is c1cnc2c(c1)CCCC2=NCc1nc2ccccc2s1. The summed E-state index contributed by atoms with van der Waals surface area (Å²) in [4.78, 5) is 13.9. The summed E-state index contributed by atoms with van der Waals surface area (Å²) in [6.45, 7) is 0.657. The van der Waals surface area contributed by atoms with Crippen LogP contribution in [0.4, 0.5) is 0 Å². The van der Waals surface area contributed by atoms with E-state index in [9.17, 15) is 0 Å². The van der Waals surface area contributed by atoms with E-state index < -0.39 is 0 Å². The number of hydrogen-bond donors (Lipinski definition) is 0. The number of aryl methyl sites for hydroxylation is 1. The summed E-state index contributed by atoms with van der Waals surface area (Å²) < 4.78 is 1.23. The Bertz CT molecular complexity index is 787. The second-order valence-electron chi connectivity index (χ2n) is 5.20. The van der Waals surface area contributed by atoms with Crippen molar-refractivity contribution in [3.8, 4) is 0 Å². The monoisotopic (exact) mass is 293 g/mol. The van der Waals surface area contributed by atoms with Crippen LogP contribution >= 0.6 is 11.3 Å². The minimum atomic E-state index is 0.657. The number of benzene rings is 1. The van der Waals surface area contributed by atoms with Crippen LogP contribution in [0.1, 0.15) is 29.1 Å². The van der Waals surface area contributed by atoms with Gasteiger partial charge in [-0.1, -0.05) is 18.2 Å². The first-order valence-electron chi connectivity index (χ1n) is 7.22. The van der Waals surface area contributed by atoms with E-state index >= 15 is 0 Å². The summed E-state index contributed by atoms with van der Waals surface area (Å²) in [6, 6.07) is 12.4. The lowest BCUT2D eigenvalue weighted by atomic mass is 9.94. The molecule has 1 aromatic carbocycles. The average Bonchev–Trinajstić information content (AvgIpc) is 2.96. The highest BCUT2D eigenvalue weighted by molar-refractivity contribution is 7.18. The Balaban J connectivity index is 1.64. The van der Waals surface area contributed by atoms with Gasteiger partial charge in [0.25, 0.3) is 0 Å². The van der Waals surface area contributed by atoms with Crippen LogP contribution in [0.3, 0.4) is 0 Å². The topological polar surface area (TPSA) is 38.1 Å². The number of para-hydroxylation sites is 1. The second-order valence-corrected chi connectivity index (χ2v) is 6.32. The van der Waals surface area contributed by atoms with Crippen molar-refractivity contribution in [3.63, 3.8) is 0 Å². The highest BCUT2D eigenvalue weighted by atomic mass is 32.1. The molecule has 0 radical (unpaired) electrons. The molecule has 2 heterocycles. The number of hydrogen-bond acceptors (Lipinski definition) is 4. The molecule has 4 rings (SSSR count). The fourth-order valence-electron chi connectivity index (χ4n) is 2.77. The molecular formula is C17H15N3S. The van der Waals surface area contributed by atoms with Gasteiger partial charge in [-0.2, -0.15) is 0 Å². The maximum Gasteiger partial charge on any atom is 0.115 e.